The molecule has 1 N–H and O–H groups in total. The molecule has 3 aliphatic rings. The van der Waals surface area contributed by atoms with Crippen LogP contribution in [0, 0.1) is 17.0 Å². The smallest absolute Gasteiger partial charge is 0.225 e. The van der Waals surface area contributed by atoms with Crippen LogP contribution in [0.5, 0.6) is 5.75 Å². The number of nitrogens with zero attached hydrogens (tertiary/aromatic N) is 8. The zero-order valence-corrected chi connectivity index (χ0v) is 29.8. The van der Waals surface area contributed by atoms with Crippen LogP contribution in [0.3, 0.4) is 0 Å². The number of piperazine rings is 1. The van der Waals surface area contributed by atoms with Gasteiger partial charge in [0.1, 0.15) is 54.0 Å². The van der Waals surface area contributed by atoms with Gasteiger partial charge in [-0.2, -0.15) is 24.8 Å². The summed E-state index contributed by atoms with van der Waals surface area (Å²) < 4.78 is 51.3. The number of fused-ring (bicyclic) bond motifs is 1. The maximum Gasteiger partial charge on any atom is 0.225 e. The lowest BCUT2D eigenvalue weighted by Gasteiger charge is -2.39. The number of aromatic nitrogens is 6. The summed E-state index contributed by atoms with van der Waals surface area (Å²) in [6, 6.07) is 19.3. The summed E-state index contributed by atoms with van der Waals surface area (Å²) in [7, 11) is 0. The van der Waals surface area contributed by atoms with Gasteiger partial charge in [-0.25, -0.2) is 8.78 Å². The summed E-state index contributed by atoms with van der Waals surface area (Å²) in [6.45, 7) is 8.18. The number of benzene rings is 3. The molecule has 2 fully saturated rings. The number of halogens is 2. The molecule has 0 radical (unpaired) electrons. The third-order valence-electron chi connectivity index (χ3n) is 10.4. The largest absolute Gasteiger partial charge is 0.491 e. The second kappa shape index (κ2) is 14.7. The van der Waals surface area contributed by atoms with Crippen LogP contribution >= 0.6 is 0 Å². The third-order valence-corrected chi connectivity index (χ3v) is 10.4. The second-order valence-corrected chi connectivity index (χ2v) is 13.8. The van der Waals surface area contributed by atoms with E-state index in [0.29, 0.717) is 28.4 Å². The quantitative estimate of drug-likeness (QED) is 0.191. The van der Waals surface area contributed by atoms with Crippen molar-refractivity contribution in [2.75, 3.05) is 44.3 Å². The third kappa shape index (κ3) is 7.13. The number of nitrogens with one attached hydrogen (secondary N) is 1. The van der Waals surface area contributed by atoms with Crippen LogP contribution in [-0.4, -0.2) is 85.8 Å². The van der Waals surface area contributed by atoms with Gasteiger partial charge in [0.15, 0.2) is 0 Å². The van der Waals surface area contributed by atoms with Crippen molar-refractivity contribution in [3.63, 3.8) is 0 Å². The Morgan fingerprint density at radius 1 is 1.00 bits per heavy atom. The molecule has 14 heteroatoms. The van der Waals surface area contributed by atoms with Crippen molar-refractivity contribution in [2.45, 2.75) is 57.2 Å². The fourth-order valence-electron chi connectivity index (χ4n) is 7.23. The molecule has 0 bridgehead atoms. The summed E-state index contributed by atoms with van der Waals surface area (Å²) in [5.74, 6) is -2.35. The Bertz CT molecular complexity index is 2150. The van der Waals surface area contributed by atoms with Crippen molar-refractivity contribution in [3.05, 3.63) is 114 Å². The minimum atomic E-state index is -1.57. The monoisotopic (exact) mass is 723 g/mol. The van der Waals surface area contributed by atoms with Crippen molar-refractivity contribution in [3.8, 4) is 5.75 Å². The number of ether oxygens (including phenoxy) is 3. The van der Waals surface area contributed by atoms with Gasteiger partial charge in [-0.1, -0.05) is 31.2 Å². The summed E-state index contributed by atoms with van der Waals surface area (Å²) >= 11 is 0. The molecule has 0 saturated carbocycles. The molecule has 4 unspecified atom stereocenters. The molecule has 2 aliphatic heterocycles. The van der Waals surface area contributed by atoms with Gasteiger partial charge < -0.3 is 19.1 Å². The maximum atomic E-state index is 15.2. The van der Waals surface area contributed by atoms with Crippen molar-refractivity contribution in [2.24, 2.45) is 0 Å². The maximum absolute atomic E-state index is 15.2. The highest BCUT2D eigenvalue weighted by atomic mass is 19.1. The van der Waals surface area contributed by atoms with Crippen LogP contribution in [0.2, 0.25) is 0 Å². The van der Waals surface area contributed by atoms with Gasteiger partial charge in [0.2, 0.25) is 11.4 Å². The van der Waals surface area contributed by atoms with E-state index in [2.05, 4.69) is 69.3 Å². The lowest BCUT2D eigenvalue weighted by molar-refractivity contribution is -0.194. The van der Waals surface area contributed by atoms with E-state index in [-0.39, 0.29) is 31.4 Å². The number of allylic oxidation sites excluding steroid dienone is 2. The predicted molar refractivity (Wildman–Crippen MR) is 195 cm³/mol. The van der Waals surface area contributed by atoms with E-state index in [9.17, 15) is 4.39 Å². The Labute approximate surface area is 306 Å². The van der Waals surface area contributed by atoms with Crippen molar-refractivity contribution < 1.29 is 23.0 Å². The zero-order valence-electron chi connectivity index (χ0n) is 29.8. The summed E-state index contributed by atoms with van der Waals surface area (Å²) in [5, 5.41) is 22.0. The van der Waals surface area contributed by atoms with Gasteiger partial charge in [-0.15, -0.1) is 0 Å². The van der Waals surface area contributed by atoms with Crippen molar-refractivity contribution >= 4 is 22.4 Å². The molecule has 3 aromatic carbocycles. The molecule has 8 rings (SSSR count). The molecule has 0 spiro atoms. The summed E-state index contributed by atoms with van der Waals surface area (Å²) in [4.78, 5) is 6.31. The highest BCUT2D eigenvalue weighted by molar-refractivity contribution is 5.73. The van der Waals surface area contributed by atoms with Crippen LogP contribution in [-0.2, 0) is 21.8 Å². The van der Waals surface area contributed by atoms with E-state index in [1.165, 1.54) is 16.9 Å². The van der Waals surface area contributed by atoms with Crippen molar-refractivity contribution in [1.29, 1.82) is 5.41 Å². The molecular weight excluding hydrogens is 680 g/mol. The Kier molecular flexibility index (Phi) is 9.66. The lowest BCUT2D eigenvalue weighted by atomic mass is 10.0. The first-order chi connectivity index (χ1) is 25.8. The number of hydrogen-bond acceptors (Lipinski definition) is 9. The standard InChI is InChI=1S/C39H43F2N9O3/c1-3-27(2)48-26-43-50(38(48)42)31-11-9-29(10-12-31)46-18-20-47(21-19-46)30-13-15-32(16-14-30)51-23-33-24-52-39(53-33,34-17-8-28(40)22-35(34)41)25-49-44-36-6-4-5-7-37(36)45-49/h4-9,11-17,22,26-27,29,33,42H,3,10,18-21,23-25H2,1-2H3. The molecule has 53 heavy (non-hydrogen) atoms. The minimum absolute atomic E-state index is 0.0336. The first kappa shape index (κ1) is 34.9. The molecule has 4 heterocycles. The van der Waals surface area contributed by atoms with Crippen LogP contribution in [0.15, 0.2) is 91.3 Å². The van der Waals surface area contributed by atoms with Gasteiger partial charge in [0.25, 0.3) is 0 Å². The molecule has 1 aliphatic carbocycles. The normalized spacial score (nSPS) is 22.7. The Balaban J connectivity index is 0.851. The zero-order chi connectivity index (χ0) is 36.5. The fraction of sp³-hybridized carbons (Fsp3) is 0.385. The Hall–Kier alpha value is -5.18. The van der Waals surface area contributed by atoms with Gasteiger partial charge in [0.05, 0.1) is 12.3 Å². The molecule has 276 valence electrons. The first-order valence-corrected chi connectivity index (χ1v) is 18.2. The highest BCUT2D eigenvalue weighted by Crippen LogP contribution is 2.38. The van der Waals surface area contributed by atoms with Crippen LogP contribution < -0.4 is 15.3 Å². The fourth-order valence-corrected chi connectivity index (χ4v) is 7.23. The minimum Gasteiger partial charge on any atom is -0.491 e. The molecular formula is C39H43F2N9O3. The van der Waals surface area contributed by atoms with E-state index in [4.69, 9.17) is 19.6 Å². The van der Waals surface area contributed by atoms with E-state index in [0.717, 1.165) is 56.5 Å². The van der Waals surface area contributed by atoms with E-state index in [1.807, 2.05) is 41.0 Å². The van der Waals surface area contributed by atoms with Crippen LogP contribution in [0.25, 0.3) is 16.7 Å². The lowest BCUT2D eigenvalue weighted by Crippen LogP contribution is -2.50. The first-order valence-electron chi connectivity index (χ1n) is 18.2. The topological polar surface area (TPSA) is 111 Å². The molecule has 12 nitrogen and oxygen atoms in total. The Morgan fingerprint density at radius 3 is 2.43 bits per heavy atom. The van der Waals surface area contributed by atoms with E-state index >= 15 is 4.39 Å². The highest BCUT2D eigenvalue weighted by Gasteiger charge is 2.46. The molecule has 2 aromatic heterocycles. The average molecular weight is 724 g/mol. The number of anilines is 1. The van der Waals surface area contributed by atoms with Gasteiger partial charge in [0, 0.05) is 55.6 Å². The SMILES string of the molecule is CCC(C)n1cnn(C2=CCC(N3CCN(c4ccc(OCC5COC(Cn6nc7ccccc7n6)(c6ccc(F)cc6F)O5)cc4)CC3)C=C2)c1=N. The van der Waals surface area contributed by atoms with E-state index < -0.39 is 23.5 Å². The molecule has 5 aromatic rings. The van der Waals surface area contributed by atoms with Crippen LogP contribution in [0.1, 0.15) is 38.3 Å². The van der Waals surface area contributed by atoms with Crippen molar-refractivity contribution in [1.82, 2.24) is 34.2 Å². The van der Waals surface area contributed by atoms with Gasteiger partial charge >= 0.3 is 0 Å². The average Bonchev–Trinajstić information content (AvgIpc) is 3.90. The molecule has 2 saturated heterocycles. The predicted octanol–water partition coefficient (Wildman–Crippen LogP) is 5.50. The summed E-state index contributed by atoms with van der Waals surface area (Å²) in [6.07, 6.45) is 9.58. The summed E-state index contributed by atoms with van der Waals surface area (Å²) in [5.41, 5.74) is 3.91. The Morgan fingerprint density at radius 2 is 1.75 bits per heavy atom. The van der Waals surface area contributed by atoms with Crippen LogP contribution in [0.4, 0.5) is 14.5 Å². The molecule has 0 amide bonds. The second-order valence-electron chi connectivity index (χ2n) is 13.8. The van der Waals surface area contributed by atoms with Gasteiger partial charge in [-0.3, -0.25) is 14.9 Å². The molecule has 4 atom stereocenters. The number of rotatable bonds is 11. The van der Waals surface area contributed by atoms with E-state index in [1.54, 1.807) is 11.0 Å². The van der Waals surface area contributed by atoms with Gasteiger partial charge in [-0.05, 0) is 74.4 Å². The number of hydrogen-bond donors (Lipinski definition) is 1.